The molecule has 2 heteroatoms. The van der Waals surface area contributed by atoms with E-state index in [9.17, 15) is 0 Å². The predicted octanol–water partition coefficient (Wildman–Crippen LogP) is 5.36. The molecule has 2 aromatic rings. The van der Waals surface area contributed by atoms with Crippen molar-refractivity contribution in [2.24, 2.45) is 0 Å². The zero-order valence-corrected chi connectivity index (χ0v) is 18.8. The molecule has 0 amide bonds. The maximum absolute atomic E-state index is 5.87. The number of allylic oxidation sites excluding steroid dienone is 5. The van der Waals surface area contributed by atoms with Gasteiger partial charge in [0, 0.05) is 18.8 Å². The molecule has 2 heterocycles. The van der Waals surface area contributed by atoms with Crippen molar-refractivity contribution in [2.45, 2.75) is 51.4 Å². The van der Waals surface area contributed by atoms with E-state index in [2.05, 4.69) is 54.6 Å². The Morgan fingerprint density at radius 2 is 1.50 bits per heavy atom. The Balaban J connectivity index is 0.000000265. The third-order valence-corrected chi connectivity index (χ3v) is 6.76. The van der Waals surface area contributed by atoms with Crippen LogP contribution in [0.3, 0.4) is 0 Å². The highest BCUT2D eigenvalue weighted by Crippen LogP contribution is 2.26. The van der Waals surface area contributed by atoms with Gasteiger partial charge in [0.15, 0.2) is 0 Å². The molecule has 0 atom stereocenters. The summed E-state index contributed by atoms with van der Waals surface area (Å²) >= 11 is 0. The number of ether oxygens (including phenoxy) is 2. The quantitative estimate of drug-likeness (QED) is 0.614. The van der Waals surface area contributed by atoms with E-state index in [0.717, 1.165) is 38.2 Å². The van der Waals surface area contributed by atoms with Crippen LogP contribution in [0.4, 0.5) is 0 Å². The van der Waals surface area contributed by atoms with Gasteiger partial charge in [-0.3, -0.25) is 0 Å². The van der Waals surface area contributed by atoms with Crippen LogP contribution in [0.25, 0.3) is 11.6 Å². The molecule has 2 nitrogen and oxygen atoms in total. The Labute approximate surface area is 190 Å². The molecule has 0 radical (unpaired) electrons. The van der Waals surface area contributed by atoms with E-state index >= 15 is 0 Å². The predicted molar refractivity (Wildman–Crippen MR) is 131 cm³/mol. The van der Waals surface area contributed by atoms with Crippen molar-refractivity contribution < 1.29 is 9.47 Å². The summed E-state index contributed by atoms with van der Waals surface area (Å²) in [5.41, 5.74) is 4.37. The molecule has 1 saturated heterocycles. The summed E-state index contributed by atoms with van der Waals surface area (Å²) in [6, 6.07) is 13.4. The number of hydrogen-bond acceptors (Lipinski definition) is 2. The molecule has 6 rings (SSSR count). The Hall–Kier alpha value is -2.84. The van der Waals surface area contributed by atoms with E-state index in [1.807, 2.05) is 12.2 Å². The number of rotatable bonds is 1. The molecule has 2 aliphatic heterocycles. The molecular formula is C30H32O2. The third kappa shape index (κ3) is 4.52. The van der Waals surface area contributed by atoms with E-state index in [-0.39, 0.29) is 0 Å². The van der Waals surface area contributed by atoms with Crippen LogP contribution in [-0.4, -0.2) is 13.2 Å². The molecule has 4 aliphatic rings. The van der Waals surface area contributed by atoms with Crippen molar-refractivity contribution in [3.05, 3.63) is 105 Å². The molecule has 1 fully saturated rings. The molecule has 0 bridgehead atoms. The van der Waals surface area contributed by atoms with Crippen molar-refractivity contribution >= 4 is 11.6 Å². The topological polar surface area (TPSA) is 18.5 Å². The summed E-state index contributed by atoms with van der Waals surface area (Å²) in [7, 11) is 0. The zero-order chi connectivity index (χ0) is 21.6. The lowest BCUT2D eigenvalue weighted by molar-refractivity contribution is 0.144. The van der Waals surface area contributed by atoms with Crippen LogP contribution in [0.2, 0.25) is 0 Å². The van der Waals surface area contributed by atoms with Gasteiger partial charge in [0.05, 0.1) is 6.26 Å². The summed E-state index contributed by atoms with van der Waals surface area (Å²) in [5.74, 6) is 0.992. The first-order valence-electron chi connectivity index (χ1n) is 12.1. The van der Waals surface area contributed by atoms with E-state index < -0.39 is 0 Å². The Morgan fingerprint density at radius 3 is 2.41 bits per heavy atom. The van der Waals surface area contributed by atoms with Gasteiger partial charge in [0.1, 0.15) is 5.76 Å². The van der Waals surface area contributed by atoms with Crippen LogP contribution >= 0.6 is 0 Å². The summed E-state index contributed by atoms with van der Waals surface area (Å²) in [5, 5.41) is 5.52. The van der Waals surface area contributed by atoms with E-state index in [1.54, 1.807) is 6.26 Å². The van der Waals surface area contributed by atoms with Gasteiger partial charge in [-0.1, -0.05) is 67.5 Å². The fourth-order valence-electron chi connectivity index (χ4n) is 5.15. The fraction of sp³-hybridized carbons (Fsp3) is 0.333. The third-order valence-electron chi connectivity index (χ3n) is 6.76. The van der Waals surface area contributed by atoms with Gasteiger partial charge in [-0.15, -0.1) is 0 Å². The fourth-order valence-corrected chi connectivity index (χ4v) is 5.15. The smallest absolute Gasteiger partial charge is 0.130 e. The van der Waals surface area contributed by atoms with Gasteiger partial charge in [-0.25, -0.2) is 0 Å². The molecular weight excluding hydrogens is 392 g/mol. The van der Waals surface area contributed by atoms with Crippen LogP contribution < -0.4 is 10.4 Å². The van der Waals surface area contributed by atoms with Gasteiger partial charge in [0.25, 0.3) is 0 Å². The van der Waals surface area contributed by atoms with Gasteiger partial charge >= 0.3 is 0 Å². The van der Waals surface area contributed by atoms with E-state index in [4.69, 9.17) is 9.47 Å². The summed E-state index contributed by atoms with van der Waals surface area (Å²) in [4.78, 5) is 0. The first-order valence-corrected chi connectivity index (χ1v) is 12.1. The summed E-state index contributed by atoms with van der Waals surface area (Å²) in [6.45, 7) is 2.00. The maximum atomic E-state index is 5.87. The highest BCUT2D eigenvalue weighted by Gasteiger charge is 2.18. The molecule has 0 aromatic heterocycles. The minimum absolute atomic E-state index is 0.992. The van der Waals surface area contributed by atoms with Crippen LogP contribution in [0.15, 0.2) is 72.7 Å². The first-order chi connectivity index (χ1) is 15.9. The van der Waals surface area contributed by atoms with Crippen molar-refractivity contribution in [1.29, 1.82) is 0 Å². The first kappa shape index (κ1) is 21.0. The van der Waals surface area contributed by atoms with Gasteiger partial charge in [-0.2, -0.15) is 0 Å². The second-order valence-corrected chi connectivity index (χ2v) is 8.83. The van der Waals surface area contributed by atoms with Crippen molar-refractivity contribution in [2.75, 3.05) is 13.2 Å². The normalized spacial score (nSPS) is 18.9. The molecule has 164 valence electrons. The van der Waals surface area contributed by atoms with Crippen molar-refractivity contribution in [3.63, 3.8) is 0 Å². The van der Waals surface area contributed by atoms with E-state index in [1.165, 1.54) is 69.7 Å². The monoisotopic (exact) mass is 424 g/mol. The molecule has 0 N–H and O–H groups in total. The molecule has 0 saturated carbocycles. The number of fused-ring (bicyclic) bond motifs is 4. The number of hydrogen-bond donors (Lipinski definition) is 0. The minimum Gasteiger partial charge on any atom is -0.465 e. The molecule has 2 aromatic carbocycles. The van der Waals surface area contributed by atoms with Crippen LogP contribution in [0, 0.1) is 10.4 Å². The number of benzene rings is 2. The molecule has 0 unspecified atom stereocenters. The largest absolute Gasteiger partial charge is 0.465 e. The standard InChI is InChI=1S/C24H20O.C6H12O/c1-2-11-24(25-16-5-1)23-10-6-9-19-21-13-12-17-7-3-4-8-18(17)20(21)14-15-22(19)23;1-2-4-6-7-5-3-1/h1-5,7-8,11-12,14-16H,6,9-10,13H2;1-6H2. The van der Waals surface area contributed by atoms with Crippen LogP contribution in [-0.2, 0) is 22.3 Å². The maximum Gasteiger partial charge on any atom is 0.130 e. The second kappa shape index (κ2) is 10.2. The average molecular weight is 425 g/mol. The summed E-state index contributed by atoms with van der Waals surface area (Å²) < 4.78 is 11.1. The Bertz CT molecular complexity index is 1260. The Kier molecular flexibility index (Phi) is 6.69. The van der Waals surface area contributed by atoms with Gasteiger partial charge in [0.2, 0.25) is 0 Å². The highest BCUT2D eigenvalue weighted by atomic mass is 16.5. The molecule has 32 heavy (non-hydrogen) atoms. The SMILES string of the molecule is C1=CC=C(C2=c3ccc4c(c3CCC2)CC=c2ccccc2=4)OC=C1.C1CCCOCC1. The summed E-state index contributed by atoms with van der Waals surface area (Å²) in [6.07, 6.45) is 22.0. The second-order valence-electron chi connectivity index (χ2n) is 8.83. The van der Waals surface area contributed by atoms with Gasteiger partial charge in [-0.05, 0) is 82.7 Å². The lowest BCUT2D eigenvalue weighted by Gasteiger charge is -2.21. The van der Waals surface area contributed by atoms with E-state index in [0.29, 0.717) is 0 Å². The van der Waals surface area contributed by atoms with Crippen molar-refractivity contribution in [3.8, 4) is 0 Å². The van der Waals surface area contributed by atoms with Crippen LogP contribution in [0.5, 0.6) is 0 Å². The minimum atomic E-state index is 0.992. The average Bonchev–Trinajstić information content (AvgIpc) is 3.32. The van der Waals surface area contributed by atoms with Crippen molar-refractivity contribution in [1.82, 2.24) is 0 Å². The Morgan fingerprint density at radius 1 is 0.656 bits per heavy atom. The zero-order valence-electron chi connectivity index (χ0n) is 18.8. The molecule has 2 aliphatic carbocycles. The lowest BCUT2D eigenvalue weighted by Crippen LogP contribution is -2.23. The lowest BCUT2D eigenvalue weighted by atomic mass is 9.85. The highest BCUT2D eigenvalue weighted by molar-refractivity contribution is 5.66. The molecule has 0 spiro atoms. The van der Waals surface area contributed by atoms with Gasteiger partial charge < -0.3 is 9.47 Å². The van der Waals surface area contributed by atoms with Crippen LogP contribution in [0.1, 0.15) is 49.7 Å².